The molecule has 1 aromatic heterocycles. The fourth-order valence-corrected chi connectivity index (χ4v) is 2.58. The van der Waals surface area contributed by atoms with Gasteiger partial charge < -0.3 is 16.0 Å². The van der Waals surface area contributed by atoms with Gasteiger partial charge in [-0.1, -0.05) is 6.92 Å². The molecule has 1 heterocycles. The van der Waals surface area contributed by atoms with Crippen LogP contribution in [0.15, 0.2) is 12.5 Å². The maximum atomic E-state index is 12.3. The van der Waals surface area contributed by atoms with Gasteiger partial charge in [0.05, 0.1) is 24.0 Å². The molecule has 1 amide bonds. The van der Waals surface area contributed by atoms with E-state index in [0.717, 1.165) is 31.4 Å². The number of aromatic nitrogens is 2. The van der Waals surface area contributed by atoms with E-state index in [-0.39, 0.29) is 11.3 Å². The maximum Gasteiger partial charge on any atom is 0.227 e. The highest BCUT2D eigenvalue weighted by Crippen LogP contribution is 2.38. The minimum atomic E-state index is -0.355. The van der Waals surface area contributed by atoms with Crippen LogP contribution in [0.5, 0.6) is 0 Å². The third-order valence-corrected chi connectivity index (χ3v) is 4.10. The highest BCUT2D eigenvalue weighted by molar-refractivity contribution is 5.82. The summed E-state index contributed by atoms with van der Waals surface area (Å²) in [6.07, 6.45) is 7.32. The number of amides is 1. The van der Waals surface area contributed by atoms with Crippen LogP contribution in [0, 0.1) is 11.3 Å². The highest BCUT2D eigenvalue weighted by atomic mass is 16.2. The van der Waals surface area contributed by atoms with Gasteiger partial charge in [0.1, 0.15) is 0 Å². The average molecular weight is 250 g/mol. The number of H-pyrrole nitrogens is 1. The molecule has 0 saturated heterocycles. The number of carbonyl (C=O) groups excluding carboxylic acids is 1. The van der Waals surface area contributed by atoms with E-state index in [4.69, 9.17) is 5.73 Å². The lowest BCUT2D eigenvalue weighted by Crippen LogP contribution is -2.47. The number of hydrogen-bond donors (Lipinski definition) is 3. The number of aromatic amines is 1. The molecule has 1 fully saturated rings. The third kappa shape index (κ3) is 2.72. The van der Waals surface area contributed by atoms with Crippen molar-refractivity contribution in [2.24, 2.45) is 17.1 Å². The summed E-state index contributed by atoms with van der Waals surface area (Å²) in [5, 5.41) is 2.97. The Labute approximate surface area is 108 Å². The van der Waals surface area contributed by atoms with Crippen LogP contribution in [-0.2, 0) is 11.3 Å². The molecule has 0 aromatic carbocycles. The summed E-state index contributed by atoms with van der Waals surface area (Å²) >= 11 is 0. The van der Waals surface area contributed by atoms with Gasteiger partial charge in [0.25, 0.3) is 0 Å². The molecule has 0 aliphatic heterocycles. The molecule has 5 nitrogen and oxygen atoms in total. The number of nitrogens with zero attached hydrogens (tertiary/aromatic N) is 1. The summed E-state index contributed by atoms with van der Waals surface area (Å²) in [5.74, 6) is 0.802. The molecule has 0 bridgehead atoms. The maximum absolute atomic E-state index is 12.3. The van der Waals surface area contributed by atoms with Gasteiger partial charge in [-0.05, 0) is 31.6 Å². The standard InChI is InChI=1S/C13H22N4O/c1-10-2-4-13(8-14,5-3-10)12(18)16-7-11-6-15-9-17-11/h6,9-10H,2-5,7-8,14H2,1H3,(H,15,17)(H,16,18). The van der Waals surface area contributed by atoms with Crippen molar-refractivity contribution in [2.75, 3.05) is 6.54 Å². The molecule has 0 spiro atoms. The molecule has 0 atom stereocenters. The van der Waals surface area contributed by atoms with Gasteiger partial charge in [-0.25, -0.2) is 4.98 Å². The molecular weight excluding hydrogens is 228 g/mol. The van der Waals surface area contributed by atoms with Crippen molar-refractivity contribution in [1.29, 1.82) is 0 Å². The summed E-state index contributed by atoms with van der Waals surface area (Å²) < 4.78 is 0. The first-order chi connectivity index (χ1) is 8.66. The molecule has 1 aliphatic carbocycles. The topological polar surface area (TPSA) is 83.8 Å². The lowest BCUT2D eigenvalue weighted by atomic mass is 9.70. The average Bonchev–Trinajstić information content (AvgIpc) is 2.90. The minimum absolute atomic E-state index is 0.0894. The van der Waals surface area contributed by atoms with Gasteiger partial charge in [-0.2, -0.15) is 0 Å². The Kier molecular flexibility index (Phi) is 4.01. The highest BCUT2D eigenvalue weighted by Gasteiger charge is 2.39. The number of carbonyl (C=O) groups is 1. The summed E-state index contributed by atoms with van der Waals surface area (Å²) in [4.78, 5) is 19.2. The largest absolute Gasteiger partial charge is 0.350 e. The lowest BCUT2D eigenvalue weighted by molar-refractivity contribution is -0.133. The molecule has 100 valence electrons. The third-order valence-electron chi connectivity index (χ3n) is 4.10. The Morgan fingerprint density at radius 1 is 1.61 bits per heavy atom. The second kappa shape index (κ2) is 5.52. The van der Waals surface area contributed by atoms with Gasteiger partial charge in [0, 0.05) is 12.7 Å². The monoisotopic (exact) mass is 250 g/mol. The zero-order valence-electron chi connectivity index (χ0n) is 10.9. The smallest absolute Gasteiger partial charge is 0.227 e. The Morgan fingerprint density at radius 2 is 2.33 bits per heavy atom. The van der Waals surface area contributed by atoms with Crippen molar-refractivity contribution in [3.8, 4) is 0 Å². The summed E-state index contributed by atoms with van der Waals surface area (Å²) in [5.41, 5.74) is 6.41. The van der Waals surface area contributed by atoms with Gasteiger partial charge in [0.2, 0.25) is 5.91 Å². The van der Waals surface area contributed by atoms with Crippen molar-refractivity contribution in [1.82, 2.24) is 15.3 Å². The number of nitrogens with two attached hydrogens (primary N) is 1. The van der Waals surface area contributed by atoms with E-state index in [1.54, 1.807) is 12.5 Å². The SMILES string of the molecule is CC1CCC(CN)(C(=O)NCc2cnc[nH]2)CC1. The van der Waals surface area contributed by atoms with Crippen LogP contribution >= 0.6 is 0 Å². The Morgan fingerprint density at radius 3 is 2.89 bits per heavy atom. The number of hydrogen-bond acceptors (Lipinski definition) is 3. The number of rotatable bonds is 4. The van der Waals surface area contributed by atoms with Crippen LogP contribution in [0.4, 0.5) is 0 Å². The minimum Gasteiger partial charge on any atom is -0.350 e. The van der Waals surface area contributed by atoms with E-state index in [2.05, 4.69) is 22.2 Å². The van der Waals surface area contributed by atoms with Crippen molar-refractivity contribution < 1.29 is 4.79 Å². The van der Waals surface area contributed by atoms with Crippen LogP contribution in [0.2, 0.25) is 0 Å². The van der Waals surface area contributed by atoms with Crippen LogP contribution in [0.1, 0.15) is 38.3 Å². The Hall–Kier alpha value is -1.36. The van der Waals surface area contributed by atoms with E-state index < -0.39 is 0 Å². The van der Waals surface area contributed by atoms with E-state index >= 15 is 0 Å². The summed E-state index contributed by atoms with van der Waals surface area (Å²) in [6, 6.07) is 0. The normalized spacial score (nSPS) is 28.0. The van der Waals surface area contributed by atoms with E-state index in [1.165, 1.54) is 0 Å². The fraction of sp³-hybridized carbons (Fsp3) is 0.692. The molecule has 5 heteroatoms. The second-order valence-electron chi connectivity index (χ2n) is 5.43. The first kappa shape index (κ1) is 13.1. The van der Waals surface area contributed by atoms with Crippen molar-refractivity contribution in [3.05, 3.63) is 18.2 Å². The molecule has 18 heavy (non-hydrogen) atoms. The Balaban J connectivity index is 1.93. The second-order valence-corrected chi connectivity index (χ2v) is 5.43. The fourth-order valence-electron chi connectivity index (χ4n) is 2.58. The first-order valence-electron chi connectivity index (χ1n) is 6.62. The molecule has 1 aromatic rings. The van der Waals surface area contributed by atoms with Gasteiger partial charge in [0.15, 0.2) is 0 Å². The lowest BCUT2D eigenvalue weighted by Gasteiger charge is -2.37. The first-order valence-corrected chi connectivity index (χ1v) is 6.62. The quantitative estimate of drug-likeness (QED) is 0.750. The predicted octanol–water partition coefficient (Wildman–Crippen LogP) is 1.18. The molecule has 1 aliphatic rings. The number of nitrogens with one attached hydrogen (secondary N) is 2. The molecule has 0 radical (unpaired) electrons. The van der Waals surface area contributed by atoms with Gasteiger partial charge in [-0.15, -0.1) is 0 Å². The van der Waals surface area contributed by atoms with Gasteiger partial charge in [-0.3, -0.25) is 4.79 Å². The Bertz CT molecular complexity index is 380. The van der Waals surface area contributed by atoms with Crippen LogP contribution in [0.25, 0.3) is 0 Å². The molecular formula is C13H22N4O. The number of imidazole rings is 1. The van der Waals surface area contributed by atoms with E-state index in [1.807, 2.05) is 0 Å². The summed E-state index contributed by atoms with van der Waals surface area (Å²) in [6.45, 7) is 3.17. The van der Waals surface area contributed by atoms with E-state index in [9.17, 15) is 4.79 Å². The molecule has 1 saturated carbocycles. The zero-order chi connectivity index (χ0) is 13.0. The van der Waals surface area contributed by atoms with Crippen molar-refractivity contribution in [3.63, 3.8) is 0 Å². The molecule has 4 N–H and O–H groups in total. The zero-order valence-corrected chi connectivity index (χ0v) is 10.9. The van der Waals surface area contributed by atoms with Crippen molar-refractivity contribution >= 4 is 5.91 Å². The predicted molar refractivity (Wildman–Crippen MR) is 69.6 cm³/mol. The molecule has 0 unspecified atom stereocenters. The van der Waals surface area contributed by atoms with Gasteiger partial charge >= 0.3 is 0 Å². The summed E-state index contributed by atoms with van der Waals surface area (Å²) in [7, 11) is 0. The van der Waals surface area contributed by atoms with Crippen LogP contribution in [-0.4, -0.2) is 22.4 Å². The van der Waals surface area contributed by atoms with Crippen molar-refractivity contribution in [2.45, 2.75) is 39.2 Å². The van der Waals surface area contributed by atoms with Crippen LogP contribution < -0.4 is 11.1 Å². The molecule has 2 rings (SSSR count). The van der Waals surface area contributed by atoms with E-state index in [0.29, 0.717) is 19.0 Å². The van der Waals surface area contributed by atoms with Crippen LogP contribution in [0.3, 0.4) is 0 Å².